The molecule has 0 saturated heterocycles. The summed E-state index contributed by atoms with van der Waals surface area (Å²) in [5.74, 6) is -4.86. The summed E-state index contributed by atoms with van der Waals surface area (Å²) in [4.78, 5) is 22.4. The summed E-state index contributed by atoms with van der Waals surface area (Å²) in [6.07, 6.45) is 0.682. The zero-order chi connectivity index (χ0) is 22.1. The fourth-order valence-electron chi connectivity index (χ4n) is 1.94. The molecule has 0 saturated carbocycles. The Morgan fingerprint density at radius 2 is 1.03 bits per heavy atom. The Labute approximate surface area is 165 Å². The molecule has 10 nitrogen and oxygen atoms in total. The topological polar surface area (TPSA) is 174 Å². The normalized spacial score (nSPS) is 9.86. The van der Waals surface area contributed by atoms with Crippen LogP contribution in [0.5, 0.6) is 34.5 Å². The van der Waals surface area contributed by atoms with E-state index in [-0.39, 0.29) is 24.3 Å². The minimum absolute atomic E-state index is 0.00347. The van der Waals surface area contributed by atoms with E-state index in [1.54, 1.807) is 6.92 Å². The number of phenolic OH excluding ortho intramolecular Hbond substituents is 6. The lowest BCUT2D eigenvalue weighted by Crippen LogP contribution is -2.05. The SMILES string of the molecule is CCCOC(=O)c1cc(O)c(O)c(O)c1.CCOC(=O)c1cc(O)c(O)c(O)c1. The molecule has 0 aliphatic carbocycles. The monoisotopic (exact) mass is 410 g/mol. The van der Waals surface area contributed by atoms with Gasteiger partial charge >= 0.3 is 11.9 Å². The smallest absolute Gasteiger partial charge is 0.338 e. The van der Waals surface area contributed by atoms with Gasteiger partial charge in [-0.3, -0.25) is 0 Å². The molecule has 0 heterocycles. The zero-order valence-electron chi connectivity index (χ0n) is 15.7. The minimum Gasteiger partial charge on any atom is -0.504 e. The van der Waals surface area contributed by atoms with Crippen LogP contribution in [0.3, 0.4) is 0 Å². The maximum absolute atomic E-state index is 11.3. The number of carbonyl (C=O) groups is 2. The average Bonchev–Trinajstić information content (AvgIpc) is 2.68. The van der Waals surface area contributed by atoms with Gasteiger partial charge < -0.3 is 40.1 Å². The fourth-order valence-corrected chi connectivity index (χ4v) is 1.94. The number of esters is 2. The standard InChI is InChI=1S/C10H12O5.C9H10O5/c1-2-3-15-10(14)6-4-7(11)9(13)8(12)5-6;1-2-14-9(13)5-3-6(10)8(12)7(11)4-5/h4-5,11-13H,2-3H2,1H3;3-4,10-12H,2H2,1H3. The summed E-state index contributed by atoms with van der Waals surface area (Å²) in [6.45, 7) is 3.94. The van der Waals surface area contributed by atoms with Crippen molar-refractivity contribution < 1.29 is 49.7 Å². The highest BCUT2D eigenvalue weighted by Gasteiger charge is 2.14. The number of benzene rings is 2. The molecule has 0 unspecified atom stereocenters. The summed E-state index contributed by atoms with van der Waals surface area (Å²) in [6, 6.07) is 4.11. The van der Waals surface area contributed by atoms with Gasteiger partial charge in [0, 0.05) is 0 Å². The van der Waals surface area contributed by atoms with E-state index < -0.39 is 46.4 Å². The molecule has 10 heteroatoms. The van der Waals surface area contributed by atoms with Crippen molar-refractivity contribution in [3.63, 3.8) is 0 Å². The molecule has 0 fully saturated rings. The highest BCUT2D eigenvalue weighted by molar-refractivity contribution is 5.91. The Hall–Kier alpha value is -3.82. The van der Waals surface area contributed by atoms with Gasteiger partial charge in [-0.2, -0.15) is 0 Å². The lowest BCUT2D eigenvalue weighted by molar-refractivity contribution is 0.0500. The van der Waals surface area contributed by atoms with Crippen LogP contribution in [0.1, 0.15) is 41.0 Å². The molecular weight excluding hydrogens is 388 g/mol. The first kappa shape index (κ1) is 23.2. The van der Waals surface area contributed by atoms with Crippen molar-refractivity contribution in [2.75, 3.05) is 13.2 Å². The van der Waals surface area contributed by atoms with Gasteiger partial charge in [0.05, 0.1) is 24.3 Å². The van der Waals surface area contributed by atoms with E-state index in [1.807, 2.05) is 6.92 Å². The van der Waals surface area contributed by atoms with Crippen LogP contribution < -0.4 is 0 Å². The van der Waals surface area contributed by atoms with Crippen LogP contribution in [0.15, 0.2) is 24.3 Å². The van der Waals surface area contributed by atoms with Crippen molar-refractivity contribution in [2.24, 2.45) is 0 Å². The molecule has 0 spiro atoms. The number of carbonyl (C=O) groups excluding carboxylic acids is 2. The number of ether oxygens (including phenoxy) is 2. The second kappa shape index (κ2) is 10.5. The summed E-state index contributed by atoms with van der Waals surface area (Å²) >= 11 is 0. The average molecular weight is 410 g/mol. The van der Waals surface area contributed by atoms with Gasteiger partial charge in [0.1, 0.15) is 0 Å². The second-order valence-electron chi connectivity index (χ2n) is 5.58. The van der Waals surface area contributed by atoms with E-state index in [4.69, 9.17) is 35.4 Å². The van der Waals surface area contributed by atoms with Crippen LogP contribution in [-0.2, 0) is 9.47 Å². The minimum atomic E-state index is -0.668. The fraction of sp³-hybridized carbons (Fsp3) is 0.263. The quantitative estimate of drug-likeness (QED) is 0.317. The number of hydrogen-bond donors (Lipinski definition) is 6. The van der Waals surface area contributed by atoms with E-state index in [1.165, 1.54) is 0 Å². The Bertz CT molecular complexity index is 829. The van der Waals surface area contributed by atoms with E-state index >= 15 is 0 Å². The van der Waals surface area contributed by atoms with Gasteiger partial charge in [-0.05, 0) is 37.6 Å². The molecule has 0 amide bonds. The van der Waals surface area contributed by atoms with Crippen LogP contribution in [-0.4, -0.2) is 55.8 Å². The van der Waals surface area contributed by atoms with Gasteiger partial charge in [0.2, 0.25) is 0 Å². The van der Waals surface area contributed by atoms with Crippen molar-refractivity contribution >= 4 is 11.9 Å². The van der Waals surface area contributed by atoms with Crippen molar-refractivity contribution in [1.82, 2.24) is 0 Å². The third-order valence-electron chi connectivity index (χ3n) is 3.32. The van der Waals surface area contributed by atoms with Gasteiger partial charge in [0.25, 0.3) is 0 Å². The number of phenols is 6. The Morgan fingerprint density at radius 3 is 1.34 bits per heavy atom. The molecule has 2 aromatic rings. The van der Waals surface area contributed by atoms with Crippen molar-refractivity contribution in [2.45, 2.75) is 20.3 Å². The second-order valence-corrected chi connectivity index (χ2v) is 5.58. The Morgan fingerprint density at radius 1 is 0.690 bits per heavy atom. The van der Waals surface area contributed by atoms with Gasteiger partial charge in [-0.25, -0.2) is 9.59 Å². The molecule has 6 N–H and O–H groups in total. The summed E-state index contributed by atoms with van der Waals surface area (Å²) < 4.78 is 9.42. The molecule has 0 aromatic heterocycles. The van der Waals surface area contributed by atoms with Gasteiger partial charge in [0.15, 0.2) is 34.5 Å². The molecule has 29 heavy (non-hydrogen) atoms. The molecular formula is C19H22O10. The van der Waals surface area contributed by atoms with Gasteiger partial charge in [-0.15, -0.1) is 0 Å². The Kier molecular flexibility index (Phi) is 8.41. The third-order valence-corrected chi connectivity index (χ3v) is 3.32. The molecule has 0 aliphatic heterocycles. The van der Waals surface area contributed by atoms with Crippen LogP contribution >= 0.6 is 0 Å². The first-order valence-electron chi connectivity index (χ1n) is 8.46. The van der Waals surface area contributed by atoms with Gasteiger partial charge in [-0.1, -0.05) is 6.92 Å². The first-order chi connectivity index (χ1) is 13.6. The number of rotatable bonds is 5. The molecule has 158 valence electrons. The summed E-state index contributed by atoms with van der Waals surface area (Å²) in [5, 5.41) is 54.5. The van der Waals surface area contributed by atoms with Crippen LogP contribution in [0, 0.1) is 0 Å². The maximum Gasteiger partial charge on any atom is 0.338 e. The number of aromatic hydroxyl groups is 6. The van der Waals surface area contributed by atoms with Crippen molar-refractivity contribution in [3.8, 4) is 34.5 Å². The van der Waals surface area contributed by atoms with E-state index in [0.717, 1.165) is 24.3 Å². The van der Waals surface area contributed by atoms with E-state index in [0.29, 0.717) is 6.42 Å². The van der Waals surface area contributed by atoms with E-state index in [9.17, 15) is 9.59 Å². The van der Waals surface area contributed by atoms with Crippen LogP contribution in [0.25, 0.3) is 0 Å². The summed E-state index contributed by atoms with van der Waals surface area (Å²) in [7, 11) is 0. The molecule has 0 radical (unpaired) electrons. The largest absolute Gasteiger partial charge is 0.504 e. The van der Waals surface area contributed by atoms with Crippen molar-refractivity contribution in [3.05, 3.63) is 35.4 Å². The van der Waals surface area contributed by atoms with Crippen LogP contribution in [0.4, 0.5) is 0 Å². The predicted octanol–water partition coefficient (Wildman–Crippen LogP) is 2.35. The molecule has 0 atom stereocenters. The lowest BCUT2D eigenvalue weighted by Gasteiger charge is -2.05. The third kappa shape index (κ3) is 6.38. The van der Waals surface area contributed by atoms with Crippen LogP contribution in [0.2, 0.25) is 0 Å². The molecule has 0 bridgehead atoms. The maximum atomic E-state index is 11.3. The molecule has 2 rings (SSSR count). The molecule has 2 aromatic carbocycles. The number of hydrogen-bond acceptors (Lipinski definition) is 10. The van der Waals surface area contributed by atoms with E-state index in [2.05, 4.69) is 4.74 Å². The summed E-state index contributed by atoms with van der Waals surface area (Å²) in [5.41, 5.74) is -0.0177. The first-order valence-corrected chi connectivity index (χ1v) is 8.46. The lowest BCUT2D eigenvalue weighted by atomic mass is 10.2. The molecule has 0 aliphatic rings. The zero-order valence-corrected chi connectivity index (χ0v) is 15.7. The predicted molar refractivity (Wildman–Crippen MR) is 99.4 cm³/mol. The van der Waals surface area contributed by atoms with Crippen molar-refractivity contribution in [1.29, 1.82) is 0 Å². The highest BCUT2D eigenvalue weighted by Crippen LogP contribution is 2.36. The highest BCUT2D eigenvalue weighted by atomic mass is 16.5. The Balaban J connectivity index is 0.000000291.